The molecule has 1 saturated carbocycles. The lowest BCUT2D eigenvalue weighted by Gasteiger charge is -2.35. The van der Waals surface area contributed by atoms with Gasteiger partial charge in [0.15, 0.2) is 0 Å². The van der Waals surface area contributed by atoms with Gasteiger partial charge in [-0.1, -0.05) is 49.6 Å². The van der Waals surface area contributed by atoms with E-state index in [1.165, 1.54) is 54.3 Å². The van der Waals surface area contributed by atoms with Gasteiger partial charge in [-0.15, -0.1) is 0 Å². The van der Waals surface area contributed by atoms with Crippen LogP contribution in [0.3, 0.4) is 0 Å². The molecule has 2 aromatic heterocycles. The molecule has 3 aromatic rings. The van der Waals surface area contributed by atoms with Crippen LogP contribution in [0.15, 0.2) is 65.4 Å². The van der Waals surface area contributed by atoms with Crippen molar-refractivity contribution in [2.75, 3.05) is 19.6 Å². The number of aromatic nitrogens is 1. The topological polar surface area (TPSA) is 130 Å². The van der Waals surface area contributed by atoms with Gasteiger partial charge in [0.1, 0.15) is 5.58 Å². The molecular weight excluding hydrogens is 482 g/mol. The molecule has 1 aliphatic heterocycles. The summed E-state index contributed by atoms with van der Waals surface area (Å²) in [5, 5.41) is 16.0. The lowest BCUT2D eigenvalue weighted by atomic mass is 9.77. The largest absolute Gasteiger partial charge is 0.473 e. The van der Waals surface area contributed by atoms with Crippen molar-refractivity contribution in [1.82, 2.24) is 9.88 Å². The second-order valence-corrected chi connectivity index (χ2v) is 10.2. The van der Waals surface area contributed by atoms with Crippen molar-refractivity contribution in [1.29, 1.82) is 0 Å². The number of hydrogen-bond acceptors (Lipinski definition) is 6. The van der Waals surface area contributed by atoms with E-state index in [0.29, 0.717) is 11.8 Å². The second kappa shape index (κ2) is 13.3. The first-order valence-electron chi connectivity index (χ1n) is 13.4. The minimum absolute atomic E-state index is 0.206. The van der Waals surface area contributed by atoms with Gasteiger partial charge in [-0.3, -0.25) is 9.88 Å². The lowest BCUT2D eigenvalue weighted by Crippen LogP contribution is -2.40. The number of nitrogens with two attached hydrogens (primary N) is 1. The zero-order chi connectivity index (χ0) is 26.9. The number of carboxylic acid groups (broad SMARTS) is 2. The number of benzene rings is 1. The number of aliphatic carboxylic acids is 2. The fourth-order valence-corrected chi connectivity index (χ4v) is 5.71. The highest BCUT2D eigenvalue weighted by molar-refractivity contribution is 6.27. The molecule has 4 N–H and O–H groups in total. The molecule has 2 unspecified atom stereocenters. The van der Waals surface area contributed by atoms with Crippen molar-refractivity contribution >= 4 is 28.5 Å². The Balaban J connectivity index is 0.000000505. The maximum Gasteiger partial charge on any atom is 0.414 e. The van der Waals surface area contributed by atoms with E-state index in [-0.39, 0.29) is 6.04 Å². The quantitative estimate of drug-likeness (QED) is 0.365. The number of furan rings is 1. The maximum atomic E-state index is 9.10. The third-order valence-corrected chi connectivity index (χ3v) is 7.78. The van der Waals surface area contributed by atoms with Crippen LogP contribution >= 0.6 is 0 Å². The number of carbonyl (C=O) groups is 2. The fraction of sp³-hybridized carbons (Fsp3) is 0.433. The summed E-state index contributed by atoms with van der Waals surface area (Å²) in [6.07, 6.45) is 14.8. The summed E-state index contributed by atoms with van der Waals surface area (Å²) in [6, 6.07) is 15.0. The Hall–Kier alpha value is -3.49. The Kier molecular flexibility index (Phi) is 9.67. The van der Waals surface area contributed by atoms with Crippen molar-refractivity contribution < 1.29 is 24.2 Å². The predicted molar refractivity (Wildman–Crippen MR) is 147 cm³/mol. The van der Waals surface area contributed by atoms with Crippen LogP contribution in [0.25, 0.3) is 16.5 Å². The van der Waals surface area contributed by atoms with E-state index >= 15 is 0 Å². The van der Waals surface area contributed by atoms with Crippen LogP contribution in [0.5, 0.6) is 0 Å². The molecule has 5 rings (SSSR count). The van der Waals surface area contributed by atoms with E-state index in [1.807, 2.05) is 18.3 Å². The molecule has 1 aromatic carbocycles. The van der Waals surface area contributed by atoms with Crippen molar-refractivity contribution in [3.05, 3.63) is 72.3 Å². The highest BCUT2D eigenvalue weighted by atomic mass is 16.4. The first kappa shape index (κ1) is 27.5. The van der Waals surface area contributed by atoms with Crippen LogP contribution in [-0.2, 0) is 9.59 Å². The number of rotatable bonds is 7. The van der Waals surface area contributed by atoms with Gasteiger partial charge < -0.3 is 20.4 Å². The first-order chi connectivity index (χ1) is 18.4. The van der Waals surface area contributed by atoms with E-state index in [4.69, 9.17) is 34.9 Å². The van der Waals surface area contributed by atoms with Crippen LogP contribution in [0, 0.1) is 5.92 Å². The predicted octanol–water partition coefficient (Wildman–Crippen LogP) is 5.15. The summed E-state index contributed by atoms with van der Waals surface area (Å²) < 4.78 is 5.77. The normalized spacial score (nSPS) is 18.2. The molecule has 0 saturated heterocycles. The van der Waals surface area contributed by atoms with E-state index in [0.717, 1.165) is 38.1 Å². The Morgan fingerprint density at radius 2 is 1.84 bits per heavy atom. The monoisotopic (exact) mass is 519 g/mol. The van der Waals surface area contributed by atoms with Crippen molar-refractivity contribution in [2.24, 2.45) is 11.7 Å². The summed E-state index contributed by atoms with van der Waals surface area (Å²) in [5.41, 5.74) is 11.7. The minimum atomic E-state index is -1.82. The average molecular weight is 520 g/mol. The van der Waals surface area contributed by atoms with Gasteiger partial charge in [0.2, 0.25) is 0 Å². The van der Waals surface area contributed by atoms with E-state index < -0.39 is 11.9 Å². The molecule has 202 valence electrons. The smallest absolute Gasteiger partial charge is 0.414 e. The van der Waals surface area contributed by atoms with Gasteiger partial charge in [-0.2, -0.15) is 0 Å². The molecule has 0 spiro atoms. The molecule has 38 heavy (non-hydrogen) atoms. The van der Waals surface area contributed by atoms with Crippen LogP contribution in [0.2, 0.25) is 0 Å². The van der Waals surface area contributed by atoms with Gasteiger partial charge in [-0.05, 0) is 61.9 Å². The van der Waals surface area contributed by atoms with Gasteiger partial charge in [-0.25, -0.2) is 9.59 Å². The van der Waals surface area contributed by atoms with Crippen molar-refractivity contribution in [2.45, 2.75) is 56.9 Å². The Morgan fingerprint density at radius 3 is 2.50 bits per heavy atom. The Morgan fingerprint density at radius 1 is 1.05 bits per heavy atom. The first-order valence-corrected chi connectivity index (χ1v) is 13.4. The Labute approximate surface area is 223 Å². The summed E-state index contributed by atoms with van der Waals surface area (Å²) >= 11 is 0. The van der Waals surface area contributed by atoms with E-state index in [2.05, 4.69) is 41.3 Å². The Bertz CT molecular complexity index is 1220. The van der Waals surface area contributed by atoms with Crippen molar-refractivity contribution in [3.8, 4) is 0 Å². The molecule has 2 aliphatic rings. The van der Waals surface area contributed by atoms with Crippen LogP contribution in [0.1, 0.15) is 62.1 Å². The number of carboxylic acids is 2. The third-order valence-electron chi connectivity index (χ3n) is 7.78. The van der Waals surface area contributed by atoms with Gasteiger partial charge in [0.25, 0.3) is 0 Å². The molecule has 0 radical (unpaired) electrons. The number of pyridine rings is 1. The molecule has 2 atom stereocenters. The zero-order valence-electron chi connectivity index (χ0n) is 21.7. The number of fused-ring (bicyclic) bond motifs is 1. The zero-order valence-corrected chi connectivity index (χ0v) is 21.7. The SMILES string of the molecule is NC(C1CCCCC1)C(CCN1CC=C(c2cccc3ccoc23)CC1)c1ccccn1.O=C(O)C(=O)O. The summed E-state index contributed by atoms with van der Waals surface area (Å²) in [4.78, 5) is 25.5. The molecule has 1 aliphatic carbocycles. The lowest BCUT2D eigenvalue weighted by molar-refractivity contribution is -0.159. The molecule has 1 fully saturated rings. The molecule has 8 nitrogen and oxygen atoms in total. The maximum absolute atomic E-state index is 9.10. The third kappa shape index (κ3) is 7.08. The number of para-hydroxylation sites is 1. The van der Waals surface area contributed by atoms with Gasteiger partial charge >= 0.3 is 11.9 Å². The van der Waals surface area contributed by atoms with Crippen LogP contribution in [0.4, 0.5) is 0 Å². The molecule has 0 amide bonds. The van der Waals surface area contributed by atoms with Crippen LogP contribution < -0.4 is 5.73 Å². The highest BCUT2D eigenvalue weighted by Gasteiger charge is 2.30. The van der Waals surface area contributed by atoms with Crippen LogP contribution in [-0.4, -0.2) is 57.7 Å². The van der Waals surface area contributed by atoms with E-state index in [9.17, 15) is 0 Å². The molecular formula is C30H37N3O5. The van der Waals surface area contributed by atoms with Gasteiger partial charge in [0.05, 0.1) is 6.26 Å². The summed E-state index contributed by atoms with van der Waals surface area (Å²) in [6.45, 7) is 3.13. The minimum Gasteiger partial charge on any atom is -0.473 e. The standard InChI is InChI=1S/C28H35N3O.C2H2O4/c29-27(22-7-2-1-3-8-22)25(26-11-4-5-16-30-26)14-19-31-17-12-21(13-18-31)24-10-6-9-23-15-20-32-28(23)24;3-1(4)2(5)6/h4-6,9-12,15-16,20,22,25,27H,1-3,7-8,13-14,17-19,29H2;(H,3,4)(H,5,6). The molecule has 0 bridgehead atoms. The molecule has 3 heterocycles. The van der Waals surface area contributed by atoms with E-state index in [1.54, 1.807) is 6.26 Å². The molecule has 8 heteroatoms. The number of hydrogen-bond donors (Lipinski definition) is 3. The fourth-order valence-electron chi connectivity index (χ4n) is 5.71. The summed E-state index contributed by atoms with van der Waals surface area (Å²) in [5.74, 6) is -2.68. The summed E-state index contributed by atoms with van der Waals surface area (Å²) in [7, 11) is 0. The average Bonchev–Trinajstić information content (AvgIpc) is 3.44. The number of nitrogens with zero attached hydrogens (tertiary/aromatic N) is 2. The second-order valence-electron chi connectivity index (χ2n) is 10.2. The highest BCUT2D eigenvalue weighted by Crippen LogP contribution is 2.34. The van der Waals surface area contributed by atoms with Crippen molar-refractivity contribution in [3.63, 3.8) is 0 Å². The van der Waals surface area contributed by atoms with Gasteiger partial charge in [0, 0.05) is 47.9 Å².